The molecule has 0 bridgehead atoms. The fourth-order valence-electron chi connectivity index (χ4n) is 2.12. The molecule has 1 heterocycles. The highest BCUT2D eigenvalue weighted by atomic mass is 35.5. The largest absolute Gasteiger partial charge is 0.431 e. The number of carbonyl (C=O) groups is 1. The number of oxazole rings is 1. The lowest BCUT2D eigenvalue weighted by molar-refractivity contribution is -0.115. The number of fused-ring (bicyclic) bond motifs is 1. The summed E-state index contributed by atoms with van der Waals surface area (Å²) in [6.07, 6.45) is 1.98. The summed E-state index contributed by atoms with van der Waals surface area (Å²) in [5.74, 6) is -0.0956. The number of anilines is 1. The van der Waals surface area contributed by atoms with Gasteiger partial charge in [0.25, 0.3) is 5.22 Å². The molecular weight excluding hydrogens is 364 g/mol. The highest BCUT2D eigenvalue weighted by Gasteiger charge is 2.19. The molecular formula is C17H15ClN2O2S2. The van der Waals surface area contributed by atoms with Crippen molar-refractivity contribution in [2.45, 2.75) is 22.3 Å². The predicted molar refractivity (Wildman–Crippen MR) is 101 cm³/mol. The second kappa shape index (κ2) is 7.51. The zero-order chi connectivity index (χ0) is 17.1. The third-order valence-corrected chi connectivity index (χ3v) is 5.32. The van der Waals surface area contributed by atoms with Crippen LogP contribution in [0, 0.1) is 0 Å². The second-order valence-electron chi connectivity index (χ2n) is 5.04. The fraction of sp³-hybridized carbons (Fsp3) is 0.176. The van der Waals surface area contributed by atoms with Crippen LogP contribution in [0.15, 0.2) is 57.0 Å². The van der Waals surface area contributed by atoms with Gasteiger partial charge >= 0.3 is 0 Å². The van der Waals surface area contributed by atoms with Crippen molar-refractivity contribution >= 4 is 57.8 Å². The maximum Gasteiger partial charge on any atom is 0.257 e. The summed E-state index contributed by atoms with van der Waals surface area (Å²) in [6.45, 7) is 1.82. The molecule has 1 aromatic heterocycles. The number of carbonyl (C=O) groups excluding carboxylic acids is 1. The summed E-state index contributed by atoms with van der Waals surface area (Å²) < 4.78 is 5.65. The Hall–Kier alpha value is -1.63. The number of nitrogens with zero attached hydrogens (tertiary/aromatic N) is 1. The number of aromatic nitrogens is 1. The van der Waals surface area contributed by atoms with Crippen LogP contribution in [0.5, 0.6) is 0 Å². The lowest BCUT2D eigenvalue weighted by Gasteiger charge is -2.12. The van der Waals surface area contributed by atoms with E-state index in [9.17, 15) is 4.79 Å². The van der Waals surface area contributed by atoms with Gasteiger partial charge in [-0.05, 0) is 43.5 Å². The second-order valence-corrected chi connectivity index (χ2v) is 7.62. The molecule has 3 aromatic rings. The van der Waals surface area contributed by atoms with Crippen LogP contribution >= 0.6 is 35.1 Å². The van der Waals surface area contributed by atoms with Gasteiger partial charge in [-0.15, -0.1) is 11.8 Å². The normalized spacial score (nSPS) is 12.3. The minimum Gasteiger partial charge on any atom is -0.431 e. The molecule has 4 nitrogen and oxygen atoms in total. The average Bonchev–Trinajstić information content (AvgIpc) is 2.96. The van der Waals surface area contributed by atoms with Gasteiger partial charge in [-0.25, -0.2) is 4.98 Å². The van der Waals surface area contributed by atoms with Crippen molar-refractivity contribution < 1.29 is 9.21 Å². The molecule has 1 amide bonds. The number of hydrogen-bond acceptors (Lipinski definition) is 5. The predicted octanol–water partition coefficient (Wildman–Crippen LogP) is 5.32. The molecule has 0 aliphatic heterocycles. The van der Waals surface area contributed by atoms with E-state index >= 15 is 0 Å². The first kappa shape index (κ1) is 17.2. The fourth-order valence-corrected chi connectivity index (χ4v) is 3.59. The van der Waals surface area contributed by atoms with Crippen molar-refractivity contribution in [1.29, 1.82) is 0 Å². The Morgan fingerprint density at radius 2 is 2.08 bits per heavy atom. The first-order valence-corrected chi connectivity index (χ1v) is 9.71. The van der Waals surface area contributed by atoms with Crippen LogP contribution in [-0.2, 0) is 4.79 Å². The Kier molecular flexibility index (Phi) is 5.38. The number of halogens is 1. The van der Waals surface area contributed by atoms with Crippen LogP contribution in [-0.4, -0.2) is 22.4 Å². The van der Waals surface area contributed by atoms with E-state index in [1.54, 1.807) is 30.0 Å². The molecule has 1 unspecified atom stereocenters. The molecule has 0 radical (unpaired) electrons. The third-order valence-electron chi connectivity index (χ3n) is 3.34. The van der Waals surface area contributed by atoms with E-state index < -0.39 is 0 Å². The topological polar surface area (TPSA) is 55.1 Å². The Morgan fingerprint density at radius 3 is 2.88 bits per heavy atom. The average molecular weight is 379 g/mol. The summed E-state index contributed by atoms with van der Waals surface area (Å²) in [4.78, 5) is 17.8. The Morgan fingerprint density at radius 1 is 1.29 bits per heavy atom. The van der Waals surface area contributed by atoms with Crippen molar-refractivity contribution in [3.05, 3.63) is 47.5 Å². The Labute approximate surface area is 153 Å². The van der Waals surface area contributed by atoms with Crippen molar-refractivity contribution in [3.8, 4) is 0 Å². The minimum absolute atomic E-state index is 0.0956. The molecule has 2 aromatic carbocycles. The van der Waals surface area contributed by atoms with Crippen molar-refractivity contribution in [1.82, 2.24) is 4.98 Å². The number of para-hydroxylation sites is 1. The lowest BCUT2D eigenvalue weighted by atomic mass is 10.3. The van der Waals surface area contributed by atoms with Crippen LogP contribution in [0.3, 0.4) is 0 Å². The van der Waals surface area contributed by atoms with Crippen LogP contribution in [0.25, 0.3) is 11.1 Å². The Bertz CT molecular complexity index is 882. The minimum atomic E-state index is -0.344. The zero-order valence-electron chi connectivity index (χ0n) is 13.1. The van der Waals surface area contributed by atoms with Gasteiger partial charge in [0.1, 0.15) is 5.52 Å². The molecule has 24 heavy (non-hydrogen) atoms. The lowest BCUT2D eigenvalue weighted by Crippen LogP contribution is -2.22. The quantitative estimate of drug-likeness (QED) is 0.608. The summed E-state index contributed by atoms with van der Waals surface area (Å²) in [5, 5.41) is 3.66. The molecule has 0 saturated carbocycles. The first-order chi connectivity index (χ1) is 11.6. The van der Waals surface area contributed by atoms with Gasteiger partial charge in [0.05, 0.1) is 10.9 Å². The van der Waals surface area contributed by atoms with Crippen molar-refractivity contribution in [2.24, 2.45) is 0 Å². The van der Waals surface area contributed by atoms with Gasteiger partial charge in [0.15, 0.2) is 5.58 Å². The third kappa shape index (κ3) is 3.88. The number of benzene rings is 2. The van der Waals surface area contributed by atoms with Crippen molar-refractivity contribution in [2.75, 3.05) is 11.6 Å². The molecule has 1 atom stereocenters. The molecule has 0 aliphatic carbocycles. The van der Waals surface area contributed by atoms with Crippen LogP contribution < -0.4 is 5.32 Å². The first-order valence-electron chi connectivity index (χ1n) is 7.23. The standard InChI is InChI=1S/C17H15ClN2O2S2/c1-10(16(21)19-12-5-3-4-6-15(12)23-2)24-17-20-13-9-11(18)7-8-14(13)22-17/h3-10H,1-2H3,(H,19,21). The van der Waals surface area contributed by atoms with Gasteiger partial charge in [0.2, 0.25) is 5.91 Å². The zero-order valence-corrected chi connectivity index (χ0v) is 15.5. The van der Waals surface area contributed by atoms with E-state index in [4.69, 9.17) is 16.0 Å². The molecule has 7 heteroatoms. The monoisotopic (exact) mass is 378 g/mol. The number of nitrogens with one attached hydrogen (secondary N) is 1. The van der Waals surface area contributed by atoms with Gasteiger partial charge in [-0.1, -0.05) is 35.5 Å². The highest BCUT2D eigenvalue weighted by Crippen LogP contribution is 2.30. The van der Waals surface area contributed by atoms with Gasteiger partial charge in [-0.2, -0.15) is 0 Å². The molecule has 3 rings (SSSR count). The smallest absolute Gasteiger partial charge is 0.257 e. The number of hydrogen-bond donors (Lipinski definition) is 1. The van der Waals surface area contributed by atoms with Gasteiger partial charge < -0.3 is 9.73 Å². The van der Waals surface area contributed by atoms with Gasteiger partial charge in [-0.3, -0.25) is 4.79 Å². The van der Waals surface area contributed by atoms with E-state index in [2.05, 4.69) is 10.3 Å². The van der Waals surface area contributed by atoms with Gasteiger partial charge in [0, 0.05) is 9.92 Å². The van der Waals surface area contributed by atoms with Crippen LogP contribution in [0.1, 0.15) is 6.92 Å². The van der Waals surface area contributed by atoms with E-state index in [1.165, 1.54) is 11.8 Å². The maximum absolute atomic E-state index is 12.4. The van der Waals surface area contributed by atoms with E-state index in [0.717, 1.165) is 10.6 Å². The molecule has 1 N–H and O–H groups in total. The molecule has 0 spiro atoms. The number of thioether (sulfide) groups is 2. The summed E-state index contributed by atoms with van der Waals surface area (Å²) in [7, 11) is 0. The van der Waals surface area contributed by atoms with E-state index in [0.29, 0.717) is 21.3 Å². The van der Waals surface area contributed by atoms with E-state index in [-0.39, 0.29) is 11.2 Å². The Balaban J connectivity index is 1.71. The van der Waals surface area contributed by atoms with Crippen LogP contribution in [0.2, 0.25) is 5.02 Å². The maximum atomic E-state index is 12.4. The summed E-state index contributed by atoms with van der Waals surface area (Å²) in [6, 6.07) is 13.0. The number of amides is 1. The molecule has 0 fully saturated rings. The van der Waals surface area contributed by atoms with Crippen LogP contribution in [0.4, 0.5) is 5.69 Å². The highest BCUT2D eigenvalue weighted by molar-refractivity contribution is 8.00. The van der Waals surface area contributed by atoms with E-state index in [1.807, 2.05) is 37.4 Å². The molecule has 124 valence electrons. The number of rotatable bonds is 5. The SMILES string of the molecule is CSc1ccccc1NC(=O)C(C)Sc1nc2cc(Cl)ccc2o1. The molecule has 0 saturated heterocycles. The van der Waals surface area contributed by atoms with Crippen molar-refractivity contribution in [3.63, 3.8) is 0 Å². The molecule has 0 aliphatic rings. The summed E-state index contributed by atoms with van der Waals surface area (Å²) >= 11 is 8.82. The summed E-state index contributed by atoms with van der Waals surface area (Å²) in [5.41, 5.74) is 2.15.